The Labute approximate surface area is 170 Å². The van der Waals surface area contributed by atoms with Gasteiger partial charge in [-0.05, 0) is 18.2 Å². The smallest absolute Gasteiger partial charge is 0.417 e. The normalized spacial score (nSPS) is 11.9. The number of methoxy groups -OCH3 is 1. The van der Waals surface area contributed by atoms with Crippen molar-refractivity contribution in [1.29, 1.82) is 0 Å². The number of sulfonamides is 1. The number of hydrogen-bond donors (Lipinski definition) is 1. The van der Waals surface area contributed by atoms with Gasteiger partial charge in [0, 0.05) is 18.8 Å². The quantitative estimate of drug-likeness (QED) is 0.659. The summed E-state index contributed by atoms with van der Waals surface area (Å²) in [7, 11) is -1.62. The molecular weight excluding hydrogens is 423 g/mol. The van der Waals surface area contributed by atoms with Crippen molar-refractivity contribution in [2.75, 3.05) is 7.11 Å². The van der Waals surface area contributed by atoms with E-state index in [-0.39, 0.29) is 27.7 Å². The topological polar surface area (TPSA) is 90.3 Å². The first-order valence-corrected chi connectivity index (χ1v) is 9.93. The number of aromatic nitrogens is 2. The van der Waals surface area contributed by atoms with Crippen molar-refractivity contribution in [1.82, 2.24) is 14.3 Å². The minimum absolute atomic E-state index is 0.0265. The van der Waals surface area contributed by atoms with Crippen molar-refractivity contribution in [3.8, 4) is 17.1 Å². The zero-order chi connectivity index (χ0) is 22.1. The fourth-order valence-corrected chi connectivity index (χ4v) is 3.95. The van der Waals surface area contributed by atoms with Crippen LogP contribution in [-0.2, 0) is 23.2 Å². The number of rotatable bonds is 5. The maximum atomic E-state index is 13.3. The second-order valence-corrected chi connectivity index (χ2v) is 7.84. The minimum atomic E-state index is -4.63. The van der Waals surface area contributed by atoms with Gasteiger partial charge in [0.25, 0.3) is 15.9 Å². The highest BCUT2D eigenvalue weighted by atomic mass is 32.2. The number of amides is 1. The molecule has 1 N–H and O–H groups in total. The molecule has 3 aromatic rings. The monoisotopic (exact) mass is 439 g/mol. The molecule has 0 aliphatic rings. The van der Waals surface area contributed by atoms with Gasteiger partial charge >= 0.3 is 6.18 Å². The second kappa shape index (κ2) is 7.82. The Hall–Kier alpha value is -3.34. The molecule has 0 aliphatic carbocycles. The second-order valence-electron chi connectivity index (χ2n) is 6.19. The molecule has 158 valence electrons. The molecule has 11 heteroatoms. The zero-order valence-electron chi connectivity index (χ0n) is 15.8. The number of carbonyl (C=O) groups is 1. The van der Waals surface area contributed by atoms with E-state index in [0.29, 0.717) is 0 Å². The molecule has 0 saturated carbocycles. The molecule has 0 atom stereocenters. The summed E-state index contributed by atoms with van der Waals surface area (Å²) in [5.74, 6) is -1.20. The number of nitrogens with one attached hydrogen (secondary N) is 1. The largest absolute Gasteiger partial charge is 0.495 e. The predicted octanol–water partition coefficient (Wildman–Crippen LogP) is 3.23. The summed E-state index contributed by atoms with van der Waals surface area (Å²) in [5.41, 5.74) is -1.52. The van der Waals surface area contributed by atoms with Crippen molar-refractivity contribution in [3.63, 3.8) is 0 Å². The van der Waals surface area contributed by atoms with Crippen LogP contribution in [0.4, 0.5) is 13.2 Å². The van der Waals surface area contributed by atoms with E-state index in [4.69, 9.17) is 4.74 Å². The number of para-hydroxylation sites is 1. The van der Waals surface area contributed by atoms with E-state index >= 15 is 0 Å². The van der Waals surface area contributed by atoms with Crippen LogP contribution in [0.3, 0.4) is 0 Å². The minimum Gasteiger partial charge on any atom is -0.495 e. The van der Waals surface area contributed by atoms with Crippen molar-refractivity contribution in [2.45, 2.75) is 11.1 Å². The van der Waals surface area contributed by atoms with Gasteiger partial charge in [0.15, 0.2) is 0 Å². The highest BCUT2D eigenvalue weighted by Crippen LogP contribution is 2.36. The van der Waals surface area contributed by atoms with Crippen LogP contribution >= 0.6 is 0 Å². The molecule has 1 heterocycles. The lowest BCUT2D eigenvalue weighted by Crippen LogP contribution is -2.31. The summed E-state index contributed by atoms with van der Waals surface area (Å²) in [4.78, 5) is 16.1. The van der Waals surface area contributed by atoms with E-state index in [1.165, 1.54) is 55.1 Å². The van der Waals surface area contributed by atoms with Gasteiger partial charge in [-0.15, -0.1) is 0 Å². The standard InChI is InChI=1S/C19H16F3N3O4S/c1-25-11-14(23-17(25)12-7-3-4-8-13(12)19(20,21)22)18(26)24-30(27,28)16-10-6-5-9-15(16)29-2/h3-11H,1-2H3,(H,24,26). The van der Waals surface area contributed by atoms with Crippen LogP contribution < -0.4 is 9.46 Å². The van der Waals surface area contributed by atoms with Gasteiger partial charge in [-0.25, -0.2) is 18.1 Å². The maximum Gasteiger partial charge on any atom is 0.417 e. The summed E-state index contributed by atoms with van der Waals surface area (Å²) in [5, 5.41) is 0. The van der Waals surface area contributed by atoms with Gasteiger partial charge < -0.3 is 9.30 Å². The average Bonchev–Trinajstić information content (AvgIpc) is 3.08. The molecule has 30 heavy (non-hydrogen) atoms. The van der Waals surface area contributed by atoms with Gasteiger partial charge in [0.05, 0.1) is 12.7 Å². The third kappa shape index (κ3) is 4.15. The number of nitrogens with zero attached hydrogens (tertiary/aromatic N) is 2. The molecule has 3 rings (SSSR count). The van der Waals surface area contributed by atoms with Crippen LogP contribution in [0.1, 0.15) is 16.1 Å². The fraction of sp³-hybridized carbons (Fsp3) is 0.158. The van der Waals surface area contributed by atoms with Crippen LogP contribution in [0.25, 0.3) is 11.4 Å². The average molecular weight is 439 g/mol. The summed E-state index contributed by atoms with van der Waals surface area (Å²) < 4.78 is 73.1. The van der Waals surface area contributed by atoms with Gasteiger partial charge in [0.1, 0.15) is 22.2 Å². The SMILES string of the molecule is COc1ccccc1S(=O)(=O)NC(=O)c1cn(C)c(-c2ccccc2C(F)(F)F)n1. The Bertz CT molecular complexity index is 1200. The molecule has 2 aromatic carbocycles. The predicted molar refractivity (Wildman–Crippen MR) is 101 cm³/mol. The Balaban J connectivity index is 1.96. The first-order chi connectivity index (χ1) is 14.0. The van der Waals surface area contributed by atoms with Crippen LogP contribution in [0.5, 0.6) is 5.75 Å². The van der Waals surface area contributed by atoms with E-state index in [1.54, 1.807) is 6.07 Å². The van der Waals surface area contributed by atoms with Gasteiger partial charge in [-0.1, -0.05) is 30.3 Å². The van der Waals surface area contributed by atoms with Crippen molar-refractivity contribution in [3.05, 3.63) is 66.0 Å². The Morgan fingerprint density at radius 1 is 1.10 bits per heavy atom. The Morgan fingerprint density at radius 3 is 2.40 bits per heavy atom. The van der Waals surface area contributed by atoms with E-state index in [9.17, 15) is 26.4 Å². The molecule has 1 aromatic heterocycles. The molecule has 0 bridgehead atoms. The van der Waals surface area contributed by atoms with Crippen LogP contribution in [-0.4, -0.2) is 31.0 Å². The first-order valence-electron chi connectivity index (χ1n) is 8.44. The summed E-state index contributed by atoms with van der Waals surface area (Å²) in [6.45, 7) is 0. The Morgan fingerprint density at radius 2 is 1.73 bits per heavy atom. The Kier molecular flexibility index (Phi) is 5.57. The van der Waals surface area contributed by atoms with Crippen molar-refractivity contribution < 1.29 is 31.1 Å². The lowest BCUT2D eigenvalue weighted by atomic mass is 10.1. The fourth-order valence-electron chi connectivity index (χ4n) is 2.82. The molecular formula is C19H16F3N3O4S. The molecule has 0 fully saturated rings. The third-order valence-electron chi connectivity index (χ3n) is 4.17. The number of carbonyl (C=O) groups excluding carboxylic acids is 1. The molecule has 0 radical (unpaired) electrons. The van der Waals surface area contributed by atoms with E-state index in [1.807, 2.05) is 4.72 Å². The van der Waals surface area contributed by atoms with Crippen molar-refractivity contribution >= 4 is 15.9 Å². The molecule has 0 aliphatic heterocycles. The first kappa shape index (κ1) is 21.4. The van der Waals surface area contributed by atoms with Crippen LogP contribution in [0, 0.1) is 0 Å². The lowest BCUT2D eigenvalue weighted by Gasteiger charge is -2.12. The van der Waals surface area contributed by atoms with E-state index < -0.39 is 27.7 Å². The van der Waals surface area contributed by atoms with Crippen molar-refractivity contribution in [2.24, 2.45) is 7.05 Å². The molecule has 0 saturated heterocycles. The summed E-state index contributed by atoms with van der Waals surface area (Å²) in [6.07, 6.45) is -3.48. The number of aryl methyl sites for hydroxylation is 1. The summed E-state index contributed by atoms with van der Waals surface area (Å²) >= 11 is 0. The van der Waals surface area contributed by atoms with Crippen LogP contribution in [0.2, 0.25) is 0 Å². The third-order valence-corrected chi connectivity index (χ3v) is 5.54. The summed E-state index contributed by atoms with van der Waals surface area (Å²) in [6, 6.07) is 10.4. The van der Waals surface area contributed by atoms with Gasteiger partial charge in [0.2, 0.25) is 0 Å². The molecule has 7 nitrogen and oxygen atoms in total. The number of benzene rings is 2. The highest BCUT2D eigenvalue weighted by Gasteiger charge is 2.34. The molecule has 1 amide bonds. The van der Waals surface area contributed by atoms with Crippen LogP contribution in [0.15, 0.2) is 59.6 Å². The van der Waals surface area contributed by atoms with E-state index in [0.717, 1.165) is 12.3 Å². The lowest BCUT2D eigenvalue weighted by molar-refractivity contribution is -0.137. The molecule has 0 spiro atoms. The van der Waals surface area contributed by atoms with Gasteiger partial charge in [-0.2, -0.15) is 13.2 Å². The number of alkyl halides is 3. The highest BCUT2D eigenvalue weighted by molar-refractivity contribution is 7.90. The number of imidazole rings is 1. The molecule has 0 unspecified atom stereocenters. The van der Waals surface area contributed by atoms with E-state index in [2.05, 4.69) is 4.98 Å². The van der Waals surface area contributed by atoms with Gasteiger partial charge in [-0.3, -0.25) is 4.79 Å². The zero-order valence-corrected chi connectivity index (χ0v) is 16.6. The maximum absolute atomic E-state index is 13.3. The number of ether oxygens (including phenoxy) is 1. The number of halogens is 3. The number of hydrogen-bond acceptors (Lipinski definition) is 5.